The van der Waals surface area contributed by atoms with Crippen molar-refractivity contribution in [1.29, 1.82) is 0 Å². The number of aromatic nitrogens is 2. The van der Waals surface area contributed by atoms with Crippen molar-refractivity contribution in [2.45, 2.75) is 31.8 Å². The molecule has 0 unspecified atom stereocenters. The number of nitrogens with two attached hydrogens (primary N) is 1. The molecule has 0 aliphatic rings. The summed E-state index contributed by atoms with van der Waals surface area (Å²) in [5.74, 6) is 0. The Bertz CT molecular complexity index is 305. The number of thioether (sulfide) groups is 1. The fraction of sp³-hybridized carbons (Fsp3) is 0.500. The van der Waals surface area contributed by atoms with Crippen LogP contribution < -0.4 is 5.73 Å². The summed E-state index contributed by atoms with van der Waals surface area (Å²) in [6.07, 6.45) is 6.22. The van der Waals surface area contributed by atoms with Crippen molar-refractivity contribution in [3.63, 3.8) is 0 Å². The van der Waals surface area contributed by atoms with Gasteiger partial charge < -0.3 is 5.73 Å². The van der Waals surface area contributed by atoms with Gasteiger partial charge in [0, 0.05) is 11.9 Å². The molecular weight excluding hydrogens is 210 g/mol. The maximum absolute atomic E-state index is 8.58. The van der Waals surface area contributed by atoms with E-state index in [4.69, 9.17) is 4.79 Å². The summed E-state index contributed by atoms with van der Waals surface area (Å²) in [5, 5.41) is 0.879. The van der Waals surface area contributed by atoms with Crippen LogP contribution in [0.2, 0.25) is 0 Å². The van der Waals surface area contributed by atoms with Gasteiger partial charge in [-0.15, -0.1) is 0 Å². The van der Waals surface area contributed by atoms with Crippen LogP contribution >= 0.6 is 11.8 Å². The lowest BCUT2D eigenvalue weighted by Crippen LogP contribution is -1.98. The van der Waals surface area contributed by atoms with E-state index in [1.54, 1.807) is 11.8 Å². The van der Waals surface area contributed by atoms with E-state index >= 15 is 0 Å². The smallest absolute Gasteiger partial charge is 0.204 e. The minimum absolute atomic E-state index is 0.250. The van der Waals surface area contributed by atoms with Crippen LogP contribution in [0.15, 0.2) is 11.4 Å². The lowest BCUT2D eigenvalue weighted by molar-refractivity contribution is -0.106. The molecule has 15 heavy (non-hydrogen) atoms. The molecule has 1 rings (SSSR count). The molecule has 4 nitrogen and oxygen atoms in total. The van der Waals surface area contributed by atoms with Gasteiger partial charge >= 0.3 is 0 Å². The standard InChI is InChI=1S/C9H14N2S.CH3NO/c1-4-7-6-10-9(12-3)11-8(7)5-2;2-1-3/h6H,4-5H2,1-3H3;1H,(H2,2,3). The second kappa shape index (κ2) is 8.23. The SMILES string of the molecule is CCc1cnc(SC)nc1CC.NC=O. The predicted octanol–water partition coefficient (Wildman–Crippen LogP) is 1.42. The maximum Gasteiger partial charge on any atom is 0.204 e. The number of rotatable bonds is 3. The molecule has 84 valence electrons. The van der Waals surface area contributed by atoms with E-state index in [1.165, 1.54) is 11.3 Å². The number of nitrogens with zero attached hydrogens (tertiary/aromatic N) is 2. The van der Waals surface area contributed by atoms with E-state index in [9.17, 15) is 0 Å². The molecule has 0 saturated carbocycles. The molecule has 0 bridgehead atoms. The van der Waals surface area contributed by atoms with Gasteiger partial charge in [0.05, 0.1) is 0 Å². The molecule has 0 saturated heterocycles. The number of hydrogen-bond acceptors (Lipinski definition) is 4. The summed E-state index contributed by atoms with van der Waals surface area (Å²) in [7, 11) is 0. The molecule has 0 aliphatic heterocycles. The summed E-state index contributed by atoms with van der Waals surface area (Å²) >= 11 is 1.60. The van der Waals surface area contributed by atoms with Gasteiger partial charge in [0.25, 0.3) is 0 Å². The van der Waals surface area contributed by atoms with Gasteiger partial charge in [-0.1, -0.05) is 25.6 Å². The molecule has 1 amide bonds. The van der Waals surface area contributed by atoms with Crippen LogP contribution in [-0.4, -0.2) is 22.6 Å². The molecule has 2 N–H and O–H groups in total. The summed E-state index contributed by atoms with van der Waals surface area (Å²) < 4.78 is 0. The van der Waals surface area contributed by atoms with E-state index in [0.717, 1.165) is 18.0 Å². The Kier molecular flexibility index (Phi) is 7.62. The molecule has 0 spiro atoms. The molecule has 1 aromatic rings. The van der Waals surface area contributed by atoms with E-state index in [0.29, 0.717) is 0 Å². The van der Waals surface area contributed by atoms with Crippen molar-refractivity contribution >= 4 is 18.2 Å². The third-order valence-corrected chi connectivity index (χ3v) is 2.39. The summed E-state index contributed by atoms with van der Waals surface area (Å²) in [6, 6.07) is 0. The van der Waals surface area contributed by atoms with Crippen molar-refractivity contribution in [3.8, 4) is 0 Å². The van der Waals surface area contributed by atoms with Gasteiger partial charge in [0.15, 0.2) is 5.16 Å². The van der Waals surface area contributed by atoms with Crippen LogP contribution in [0.4, 0.5) is 0 Å². The molecule has 0 aliphatic carbocycles. The third-order valence-electron chi connectivity index (χ3n) is 1.83. The Hall–Kier alpha value is -1.10. The Morgan fingerprint density at radius 3 is 2.47 bits per heavy atom. The highest BCUT2D eigenvalue weighted by Crippen LogP contribution is 2.12. The van der Waals surface area contributed by atoms with Crippen LogP contribution in [-0.2, 0) is 17.6 Å². The van der Waals surface area contributed by atoms with Crippen molar-refractivity contribution < 1.29 is 4.79 Å². The molecule has 1 heterocycles. The maximum atomic E-state index is 8.58. The second-order valence-electron chi connectivity index (χ2n) is 2.67. The largest absolute Gasteiger partial charge is 0.372 e. The minimum Gasteiger partial charge on any atom is -0.372 e. The fourth-order valence-electron chi connectivity index (χ4n) is 1.12. The highest BCUT2D eigenvalue weighted by Gasteiger charge is 2.02. The number of hydrogen-bond donors (Lipinski definition) is 1. The van der Waals surface area contributed by atoms with Crippen molar-refractivity contribution in [2.75, 3.05) is 6.26 Å². The Morgan fingerprint density at radius 2 is 2.07 bits per heavy atom. The van der Waals surface area contributed by atoms with Gasteiger partial charge in [-0.25, -0.2) is 9.97 Å². The normalized spacial score (nSPS) is 9.00. The second-order valence-corrected chi connectivity index (χ2v) is 3.45. The average Bonchev–Trinajstić information content (AvgIpc) is 2.29. The van der Waals surface area contributed by atoms with Gasteiger partial charge in [-0.05, 0) is 24.7 Å². The number of amides is 1. The third kappa shape index (κ3) is 4.78. The lowest BCUT2D eigenvalue weighted by atomic mass is 10.1. The highest BCUT2D eigenvalue weighted by molar-refractivity contribution is 7.98. The Labute approximate surface area is 94.7 Å². The predicted molar refractivity (Wildman–Crippen MR) is 62.8 cm³/mol. The van der Waals surface area contributed by atoms with Crippen LogP contribution in [0.3, 0.4) is 0 Å². The van der Waals surface area contributed by atoms with Crippen molar-refractivity contribution in [3.05, 3.63) is 17.5 Å². The molecule has 5 heteroatoms. The molecule has 0 fully saturated rings. The summed E-state index contributed by atoms with van der Waals surface area (Å²) in [6.45, 7) is 4.27. The van der Waals surface area contributed by atoms with Crippen molar-refractivity contribution in [1.82, 2.24) is 9.97 Å². The Balaban J connectivity index is 0.000000583. The minimum atomic E-state index is 0.250. The van der Waals surface area contributed by atoms with Gasteiger partial charge in [-0.2, -0.15) is 0 Å². The van der Waals surface area contributed by atoms with Gasteiger partial charge in [-0.3, -0.25) is 4.79 Å². The first-order valence-corrected chi connectivity index (χ1v) is 6.00. The highest BCUT2D eigenvalue weighted by atomic mass is 32.2. The molecule has 0 aromatic carbocycles. The quantitative estimate of drug-likeness (QED) is 0.482. The van der Waals surface area contributed by atoms with Gasteiger partial charge in [0.1, 0.15) is 0 Å². The van der Waals surface area contributed by atoms with E-state index < -0.39 is 0 Å². The van der Waals surface area contributed by atoms with E-state index in [-0.39, 0.29) is 6.41 Å². The van der Waals surface area contributed by atoms with Crippen LogP contribution in [0, 0.1) is 0 Å². The zero-order valence-electron chi connectivity index (χ0n) is 9.36. The zero-order valence-corrected chi connectivity index (χ0v) is 10.2. The first-order chi connectivity index (χ1) is 7.23. The van der Waals surface area contributed by atoms with Crippen LogP contribution in [0.25, 0.3) is 0 Å². The van der Waals surface area contributed by atoms with Crippen LogP contribution in [0.1, 0.15) is 25.1 Å². The van der Waals surface area contributed by atoms with E-state index in [1.807, 2.05) is 12.5 Å². The van der Waals surface area contributed by atoms with E-state index in [2.05, 4.69) is 29.5 Å². The Morgan fingerprint density at radius 1 is 1.47 bits per heavy atom. The first kappa shape index (κ1) is 13.9. The zero-order chi connectivity index (χ0) is 11.7. The first-order valence-electron chi connectivity index (χ1n) is 4.77. The number of carbonyl (C=O) groups is 1. The molecule has 0 atom stereocenters. The molecular formula is C10H17N3OS. The monoisotopic (exact) mass is 227 g/mol. The number of primary amides is 1. The lowest BCUT2D eigenvalue weighted by Gasteiger charge is -2.04. The van der Waals surface area contributed by atoms with Crippen LogP contribution in [0.5, 0.6) is 0 Å². The molecule has 1 aromatic heterocycles. The van der Waals surface area contributed by atoms with Gasteiger partial charge in [0.2, 0.25) is 6.41 Å². The van der Waals surface area contributed by atoms with Crippen molar-refractivity contribution in [2.24, 2.45) is 5.73 Å². The topological polar surface area (TPSA) is 68.9 Å². The number of carbonyl (C=O) groups excluding carboxylic acids is 1. The molecule has 0 radical (unpaired) electrons. The summed E-state index contributed by atoms with van der Waals surface area (Å²) in [5.41, 5.74) is 6.63. The average molecular weight is 227 g/mol. The fourth-order valence-corrected chi connectivity index (χ4v) is 1.48. The number of aryl methyl sites for hydroxylation is 2. The summed E-state index contributed by atoms with van der Waals surface area (Å²) in [4.78, 5) is 17.2.